The van der Waals surface area contributed by atoms with Gasteiger partial charge in [-0.1, -0.05) is 30.3 Å². The first kappa shape index (κ1) is 17.2. The first-order valence-electron chi connectivity index (χ1n) is 8.09. The lowest BCUT2D eigenvalue weighted by atomic mass is 9.73. The summed E-state index contributed by atoms with van der Waals surface area (Å²) in [6.45, 7) is 1.08. The number of benzene rings is 1. The topological polar surface area (TPSA) is 82.6 Å². The second-order valence-electron chi connectivity index (χ2n) is 5.79. The highest BCUT2D eigenvalue weighted by Gasteiger charge is 2.42. The highest BCUT2D eigenvalue weighted by molar-refractivity contribution is 6.00. The Morgan fingerprint density at radius 1 is 1.16 bits per heavy atom. The summed E-state index contributed by atoms with van der Waals surface area (Å²) >= 11 is 0. The van der Waals surface area contributed by atoms with Gasteiger partial charge in [-0.3, -0.25) is 4.79 Å². The molecule has 0 atom stereocenters. The zero-order valence-electron chi connectivity index (χ0n) is 14.3. The molecule has 7 heteroatoms. The number of carbonyl (C=O) groups excluding carboxylic acids is 1. The molecular formula is C18H21N3O4. The Morgan fingerprint density at radius 2 is 1.88 bits per heavy atom. The van der Waals surface area contributed by atoms with Crippen molar-refractivity contribution in [2.24, 2.45) is 0 Å². The van der Waals surface area contributed by atoms with Gasteiger partial charge in [0.1, 0.15) is 5.69 Å². The predicted molar refractivity (Wildman–Crippen MR) is 91.9 cm³/mol. The highest BCUT2D eigenvalue weighted by Crippen LogP contribution is 2.37. The Kier molecular flexibility index (Phi) is 5.14. The zero-order valence-corrected chi connectivity index (χ0v) is 14.3. The van der Waals surface area contributed by atoms with Gasteiger partial charge < -0.3 is 19.5 Å². The molecular weight excluding hydrogens is 322 g/mol. The van der Waals surface area contributed by atoms with Crippen LogP contribution in [-0.4, -0.2) is 43.3 Å². The van der Waals surface area contributed by atoms with Gasteiger partial charge in [0.25, 0.3) is 0 Å². The molecule has 1 saturated heterocycles. The number of rotatable bonds is 5. The van der Waals surface area contributed by atoms with Crippen molar-refractivity contribution in [3.8, 4) is 11.9 Å². The summed E-state index contributed by atoms with van der Waals surface area (Å²) in [5, 5.41) is 2.92. The molecule has 0 spiro atoms. The van der Waals surface area contributed by atoms with Crippen LogP contribution in [0.2, 0.25) is 0 Å². The molecule has 1 amide bonds. The molecule has 1 fully saturated rings. The third kappa shape index (κ3) is 3.41. The molecule has 3 rings (SSSR count). The lowest BCUT2D eigenvalue weighted by molar-refractivity contribution is -0.125. The van der Waals surface area contributed by atoms with Gasteiger partial charge in [-0.2, -0.15) is 4.98 Å². The maximum Gasteiger partial charge on any atom is 0.319 e. The molecule has 2 aromatic rings. The molecule has 1 aromatic carbocycles. The molecule has 7 nitrogen and oxygen atoms in total. The summed E-state index contributed by atoms with van der Waals surface area (Å²) in [6.07, 6.45) is 2.71. The van der Waals surface area contributed by atoms with Crippen LogP contribution in [-0.2, 0) is 14.9 Å². The normalized spacial score (nSPS) is 16.1. The Balaban J connectivity index is 1.92. The molecule has 132 valence electrons. The molecule has 0 aliphatic carbocycles. The predicted octanol–water partition coefficient (Wildman–Crippen LogP) is 2.18. The molecule has 0 unspecified atom stereocenters. The summed E-state index contributed by atoms with van der Waals surface area (Å²) in [4.78, 5) is 21.4. The van der Waals surface area contributed by atoms with Gasteiger partial charge in [-0.15, -0.1) is 0 Å². The van der Waals surface area contributed by atoms with Crippen molar-refractivity contribution in [2.45, 2.75) is 18.3 Å². The van der Waals surface area contributed by atoms with E-state index >= 15 is 0 Å². The summed E-state index contributed by atoms with van der Waals surface area (Å²) in [5.74, 6) is 0.143. The number of nitrogens with one attached hydrogen (secondary N) is 1. The Bertz CT molecular complexity index is 730. The molecule has 2 heterocycles. The van der Waals surface area contributed by atoms with Crippen LogP contribution in [0.3, 0.4) is 0 Å². The first-order chi connectivity index (χ1) is 12.2. The van der Waals surface area contributed by atoms with Gasteiger partial charge in [-0.25, -0.2) is 4.98 Å². The van der Waals surface area contributed by atoms with Crippen molar-refractivity contribution in [3.05, 3.63) is 42.1 Å². The van der Waals surface area contributed by atoms with Crippen LogP contribution >= 0.6 is 0 Å². The maximum atomic E-state index is 13.2. The molecule has 1 aliphatic rings. The van der Waals surface area contributed by atoms with E-state index in [1.807, 2.05) is 30.3 Å². The quantitative estimate of drug-likeness (QED) is 0.896. The second kappa shape index (κ2) is 7.48. The van der Waals surface area contributed by atoms with Crippen LogP contribution < -0.4 is 14.8 Å². The fourth-order valence-corrected chi connectivity index (χ4v) is 3.06. The van der Waals surface area contributed by atoms with Crippen LogP contribution in [0.1, 0.15) is 18.4 Å². The van der Waals surface area contributed by atoms with Gasteiger partial charge in [-0.05, 0) is 18.4 Å². The van der Waals surface area contributed by atoms with Crippen molar-refractivity contribution in [1.29, 1.82) is 0 Å². The van der Waals surface area contributed by atoms with E-state index in [0.717, 1.165) is 5.56 Å². The second-order valence-corrected chi connectivity index (χ2v) is 5.79. The SMILES string of the molecule is COc1ncc(NC(=O)C2(c3ccccc3)CCOCC2)c(OC)n1. The van der Waals surface area contributed by atoms with Gasteiger partial charge in [0, 0.05) is 13.2 Å². The van der Waals surface area contributed by atoms with Gasteiger partial charge >= 0.3 is 6.01 Å². The van der Waals surface area contributed by atoms with Crippen molar-refractivity contribution >= 4 is 11.6 Å². The van der Waals surface area contributed by atoms with Crippen molar-refractivity contribution < 1.29 is 19.0 Å². The lowest BCUT2D eigenvalue weighted by Gasteiger charge is -2.36. The van der Waals surface area contributed by atoms with Crippen LogP contribution in [0.4, 0.5) is 5.69 Å². The Morgan fingerprint density at radius 3 is 2.52 bits per heavy atom. The molecule has 0 saturated carbocycles. The summed E-state index contributed by atoms with van der Waals surface area (Å²) in [5.41, 5.74) is 0.740. The van der Waals surface area contributed by atoms with Crippen LogP contribution in [0.25, 0.3) is 0 Å². The number of hydrogen-bond donors (Lipinski definition) is 1. The monoisotopic (exact) mass is 343 g/mol. The minimum Gasteiger partial charge on any atom is -0.479 e. The number of nitrogens with zero attached hydrogens (tertiary/aromatic N) is 2. The van der Waals surface area contributed by atoms with Crippen molar-refractivity contribution in [3.63, 3.8) is 0 Å². The number of methoxy groups -OCH3 is 2. The lowest BCUT2D eigenvalue weighted by Crippen LogP contribution is -2.44. The molecule has 0 radical (unpaired) electrons. The summed E-state index contributed by atoms with van der Waals surface area (Å²) in [6, 6.07) is 9.96. The number of amides is 1. The molecule has 1 aliphatic heterocycles. The number of hydrogen-bond acceptors (Lipinski definition) is 6. The van der Waals surface area contributed by atoms with Gasteiger partial charge in [0.2, 0.25) is 11.8 Å². The maximum absolute atomic E-state index is 13.2. The third-order valence-corrected chi connectivity index (χ3v) is 4.46. The fraction of sp³-hybridized carbons (Fsp3) is 0.389. The van der Waals surface area contributed by atoms with Crippen LogP contribution in [0.5, 0.6) is 11.9 Å². The third-order valence-electron chi connectivity index (χ3n) is 4.46. The average Bonchev–Trinajstić information content (AvgIpc) is 2.69. The summed E-state index contributed by atoms with van der Waals surface area (Å²) < 4.78 is 15.7. The average molecular weight is 343 g/mol. The number of carbonyl (C=O) groups is 1. The van der Waals surface area contributed by atoms with Crippen molar-refractivity contribution in [2.75, 3.05) is 32.8 Å². The van der Waals surface area contributed by atoms with E-state index < -0.39 is 5.41 Å². The van der Waals surface area contributed by atoms with E-state index in [0.29, 0.717) is 31.7 Å². The molecule has 1 aromatic heterocycles. The first-order valence-corrected chi connectivity index (χ1v) is 8.09. The minimum atomic E-state index is -0.648. The summed E-state index contributed by atoms with van der Waals surface area (Å²) in [7, 11) is 2.96. The zero-order chi connectivity index (χ0) is 17.7. The number of anilines is 1. The van der Waals surface area contributed by atoms with Crippen LogP contribution in [0.15, 0.2) is 36.5 Å². The standard InChI is InChI=1S/C18H21N3O4/c1-23-15-14(12-19-17(21-15)24-2)20-16(22)18(8-10-25-11-9-18)13-6-4-3-5-7-13/h3-7,12H,8-11H2,1-2H3,(H,20,22). The molecule has 0 bridgehead atoms. The fourth-order valence-electron chi connectivity index (χ4n) is 3.06. The number of ether oxygens (including phenoxy) is 3. The van der Waals surface area contributed by atoms with E-state index in [4.69, 9.17) is 14.2 Å². The van der Waals surface area contributed by atoms with Crippen molar-refractivity contribution in [1.82, 2.24) is 9.97 Å². The number of aromatic nitrogens is 2. The Hall–Kier alpha value is -2.67. The van der Waals surface area contributed by atoms with E-state index in [1.54, 1.807) is 0 Å². The molecule has 25 heavy (non-hydrogen) atoms. The van der Waals surface area contributed by atoms with E-state index in [9.17, 15) is 4.79 Å². The smallest absolute Gasteiger partial charge is 0.319 e. The van der Waals surface area contributed by atoms with E-state index in [1.165, 1.54) is 20.4 Å². The minimum absolute atomic E-state index is 0.117. The molecule has 1 N–H and O–H groups in total. The van der Waals surface area contributed by atoms with Gasteiger partial charge in [0.15, 0.2) is 0 Å². The van der Waals surface area contributed by atoms with E-state index in [-0.39, 0.29) is 17.8 Å². The largest absolute Gasteiger partial charge is 0.479 e. The highest BCUT2D eigenvalue weighted by atomic mass is 16.5. The van der Waals surface area contributed by atoms with E-state index in [2.05, 4.69) is 15.3 Å². The van der Waals surface area contributed by atoms with Crippen LogP contribution in [0, 0.1) is 0 Å². The van der Waals surface area contributed by atoms with Gasteiger partial charge in [0.05, 0.1) is 25.8 Å². The Labute approximate surface area is 146 Å².